The summed E-state index contributed by atoms with van der Waals surface area (Å²) in [6, 6.07) is 17.0. The Balaban J connectivity index is 1.84. The first-order valence-electron chi connectivity index (χ1n) is 7.18. The van der Waals surface area contributed by atoms with Gasteiger partial charge >= 0.3 is 0 Å². The van der Waals surface area contributed by atoms with E-state index in [1.807, 2.05) is 49.4 Å². The zero-order valence-corrected chi connectivity index (χ0v) is 14.1. The summed E-state index contributed by atoms with van der Waals surface area (Å²) in [5, 5.41) is 6.48. The van der Waals surface area contributed by atoms with E-state index in [0.29, 0.717) is 6.42 Å². The standard InChI is InChI=1S/C18H15BrN2O2/c1-12-3-2-4-15(9-12)23-17-11-13(5-7-16(17)19)10-14-6-8-18(22)21-20-14/h2-9,11H,10H2,1H3,(H,21,22). The molecule has 0 spiro atoms. The fourth-order valence-electron chi connectivity index (χ4n) is 2.22. The molecule has 3 aromatic rings. The number of aromatic nitrogens is 2. The topological polar surface area (TPSA) is 55.0 Å². The molecule has 0 aliphatic rings. The highest BCUT2D eigenvalue weighted by molar-refractivity contribution is 9.10. The van der Waals surface area contributed by atoms with Crippen molar-refractivity contribution < 1.29 is 4.74 Å². The molecule has 2 aromatic carbocycles. The summed E-state index contributed by atoms with van der Waals surface area (Å²) in [5.74, 6) is 1.54. The quantitative estimate of drug-likeness (QED) is 0.747. The molecule has 5 heteroatoms. The second-order valence-corrected chi connectivity index (χ2v) is 6.13. The predicted octanol–water partition coefficient (Wildman–Crippen LogP) is 4.22. The third-order valence-corrected chi connectivity index (χ3v) is 3.99. The summed E-state index contributed by atoms with van der Waals surface area (Å²) in [5.41, 5.74) is 2.80. The van der Waals surface area contributed by atoms with Gasteiger partial charge in [0.05, 0.1) is 10.2 Å². The van der Waals surface area contributed by atoms with Crippen molar-refractivity contribution in [3.8, 4) is 11.5 Å². The van der Waals surface area contributed by atoms with Crippen LogP contribution in [-0.2, 0) is 6.42 Å². The number of halogens is 1. The van der Waals surface area contributed by atoms with Crippen molar-refractivity contribution in [3.63, 3.8) is 0 Å². The van der Waals surface area contributed by atoms with Gasteiger partial charge in [-0.05, 0) is 64.3 Å². The van der Waals surface area contributed by atoms with Crippen LogP contribution in [0.3, 0.4) is 0 Å². The summed E-state index contributed by atoms with van der Waals surface area (Å²) in [6.45, 7) is 2.03. The summed E-state index contributed by atoms with van der Waals surface area (Å²) in [4.78, 5) is 11.1. The highest BCUT2D eigenvalue weighted by Gasteiger charge is 2.06. The van der Waals surface area contributed by atoms with E-state index in [2.05, 4.69) is 26.1 Å². The molecule has 116 valence electrons. The van der Waals surface area contributed by atoms with Gasteiger partial charge in [0, 0.05) is 12.5 Å². The van der Waals surface area contributed by atoms with Crippen LogP contribution in [0, 0.1) is 6.92 Å². The van der Waals surface area contributed by atoms with Crippen molar-refractivity contribution >= 4 is 15.9 Å². The third kappa shape index (κ3) is 4.07. The highest BCUT2D eigenvalue weighted by atomic mass is 79.9. The molecule has 1 aromatic heterocycles. The first-order chi connectivity index (χ1) is 11.1. The van der Waals surface area contributed by atoms with Gasteiger partial charge in [0.1, 0.15) is 11.5 Å². The molecule has 0 saturated carbocycles. The van der Waals surface area contributed by atoms with Crippen molar-refractivity contribution in [3.05, 3.63) is 86.2 Å². The van der Waals surface area contributed by atoms with Gasteiger partial charge in [-0.2, -0.15) is 5.10 Å². The molecule has 0 fully saturated rings. The van der Waals surface area contributed by atoms with E-state index in [1.54, 1.807) is 6.07 Å². The number of H-pyrrole nitrogens is 1. The van der Waals surface area contributed by atoms with Gasteiger partial charge in [0.25, 0.3) is 5.56 Å². The number of rotatable bonds is 4. The van der Waals surface area contributed by atoms with Crippen LogP contribution in [0.2, 0.25) is 0 Å². The minimum absolute atomic E-state index is 0.201. The Kier molecular flexibility index (Phi) is 4.57. The molecule has 0 aliphatic heterocycles. The molecule has 1 heterocycles. The lowest BCUT2D eigenvalue weighted by Crippen LogP contribution is -2.07. The van der Waals surface area contributed by atoms with Crippen LogP contribution in [-0.4, -0.2) is 10.2 Å². The number of hydrogen-bond donors (Lipinski definition) is 1. The van der Waals surface area contributed by atoms with Gasteiger partial charge < -0.3 is 4.74 Å². The molecule has 0 radical (unpaired) electrons. The second-order valence-electron chi connectivity index (χ2n) is 5.27. The molecule has 23 heavy (non-hydrogen) atoms. The second kappa shape index (κ2) is 6.79. The molecule has 0 saturated heterocycles. The zero-order chi connectivity index (χ0) is 16.2. The largest absolute Gasteiger partial charge is 0.456 e. The van der Waals surface area contributed by atoms with Gasteiger partial charge in [-0.3, -0.25) is 4.79 Å². The minimum Gasteiger partial charge on any atom is -0.456 e. The summed E-state index contributed by atoms with van der Waals surface area (Å²) < 4.78 is 6.85. The van der Waals surface area contributed by atoms with Crippen LogP contribution in [0.1, 0.15) is 16.8 Å². The lowest BCUT2D eigenvalue weighted by atomic mass is 10.1. The fraction of sp³-hybridized carbons (Fsp3) is 0.111. The van der Waals surface area contributed by atoms with Crippen LogP contribution < -0.4 is 10.3 Å². The van der Waals surface area contributed by atoms with Gasteiger partial charge in [0.15, 0.2) is 0 Å². The molecule has 4 nitrogen and oxygen atoms in total. The Bertz CT molecular complexity index is 870. The van der Waals surface area contributed by atoms with E-state index < -0.39 is 0 Å². The van der Waals surface area contributed by atoms with Crippen molar-refractivity contribution in [2.45, 2.75) is 13.3 Å². The SMILES string of the molecule is Cc1cccc(Oc2cc(Cc3ccc(=O)[nH]n3)ccc2Br)c1. The van der Waals surface area contributed by atoms with Crippen molar-refractivity contribution in [1.82, 2.24) is 10.2 Å². The van der Waals surface area contributed by atoms with E-state index >= 15 is 0 Å². The first kappa shape index (κ1) is 15.5. The van der Waals surface area contributed by atoms with Crippen LogP contribution in [0.25, 0.3) is 0 Å². The summed E-state index contributed by atoms with van der Waals surface area (Å²) in [7, 11) is 0. The number of nitrogens with zero attached hydrogens (tertiary/aromatic N) is 1. The molecule has 0 aliphatic carbocycles. The average Bonchev–Trinajstić information content (AvgIpc) is 2.53. The van der Waals surface area contributed by atoms with Gasteiger partial charge in [-0.1, -0.05) is 18.2 Å². The highest BCUT2D eigenvalue weighted by Crippen LogP contribution is 2.31. The molecular weight excluding hydrogens is 356 g/mol. The number of aryl methyl sites for hydroxylation is 1. The number of aromatic amines is 1. The van der Waals surface area contributed by atoms with E-state index in [4.69, 9.17) is 4.74 Å². The number of benzene rings is 2. The number of nitrogens with one attached hydrogen (secondary N) is 1. The number of hydrogen-bond acceptors (Lipinski definition) is 3. The van der Waals surface area contributed by atoms with E-state index in [-0.39, 0.29) is 5.56 Å². The van der Waals surface area contributed by atoms with Crippen molar-refractivity contribution in [2.24, 2.45) is 0 Å². The number of ether oxygens (including phenoxy) is 1. The Morgan fingerprint density at radius 2 is 2.00 bits per heavy atom. The van der Waals surface area contributed by atoms with Crippen LogP contribution in [0.15, 0.2) is 63.9 Å². The molecule has 0 atom stereocenters. The predicted molar refractivity (Wildman–Crippen MR) is 93.1 cm³/mol. The molecule has 0 amide bonds. The van der Waals surface area contributed by atoms with Gasteiger partial charge in [-0.15, -0.1) is 0 Å². The molecule has 1 N–H and O–H groups in total. The fourth-order valence-corrected chi connectivity index (χ4v) is 2.55. The molecule has 3 rings (SSSR count). The Hall–Kier alpha value is -2.40. The summed E-state index contributed by atoms with van der Waals surface area (Å²) >= 11 is 3.51. The van der Waals surface area contributed by atoms with Gasteiger partial charge in [-0.25, -0.2) is 5.10 Å². The van der Waals surface area contributed by atoms with Crippen molar-refractivity contribution in [1.29, 1.82) is 0 Å². The van der Waals surface area contributed by atoms with E-state index in [0.717, 1.165) is 32.8 Å². The molecule has 0 bridgehead atoms. The third-order valence-electron chi connectivity index (χ3n) is 3.34. The van der Waals surface area contributed by atoms with Crippen molar-refractivity contribution in [2.75, 3.05) is 0 Å². The van der Waals surface area contributed by atoms with Gasteiger partial charge in [0.2, 0.25) is 0 Å². The minimum atomic E-state index is -0.201. The lowest BCUT2D eigenvalue weighted by molar-refractivity contribution is 0.478. The zero-order valence-electron chi connectivity index (χ0n) is 12.5. The maximum absolute atomic E-state index is 11.1. The normalized spacial score (nSPS) is 10.5. The van der Waals surface area contributed by atoms with Crippen LogP contribution in [0.4, 0.5) is 0 Å². The maximum atomic E-state index is 11.1. The smallest absolute Gasteiger partial charge is 0.264 e. The Morgan fingerprint density at radius 3 is 2.74 bits per heavy atom. The van der Waals surface area contributed by atoms with E-state index in [9.17, 15) is 4.79 Å². The lowest BCUT2D eigenvalue weighted by Gasteiger charge is -2.10. The first-order valence-corrected chi connectivity index (χ1v) is 7.97. The van der Waals surface area contributed by atoms with Crippen LogP contribution >= 0.6 is 15.9 Å². The maximum Gasteiger partial charge on any atom is 0.264 e. The summed E-state index contributed by atoms with van der Waals surface area (Å²) in [6.07, 6.45) is 0.619. The average molecular weight is 371 g/mol. The molecular formula is C18H15BrN2O2. The van der Waals surface area contributed by atoms with Crippen LogP contribution in [0.5, 0.6) is 11.5 Å². The Morgan fingerprint density at radius 1 is 1.13 bits per heavy atom. The Labute approximate surface area is 142 Å². The molecule has 0 unspecified atom stereocenters. The monoisotopic (exact) mass is 370 g/mol. The van der Waals surface area contributed by atoms with E-state index in [1.165, 1.54) is 6.07 Å².